The lowest BCUT2D eigenvalue weighted by atomic mass is 10.0. The summed E-state index contributed by atoms with van der Waals surface area (Å²) in [6, 6.07) is 36.8. The summed E-state index contributed by atoms with van der Waals surface area (Å²) < 4.78 is 0. The van der Waals surface area contributed by atoms with Crippen LogP contribution in [0.25, 0.3) is 39.5 Å². The van der Waals surface area contributed by atoms with E-state index >= 15 is 0 Å². The fraction of sp³-hybridized carbons (Fsp3) is 0.178. The summed E-state index contributed by atoms with van der Waals surface area (Å²) in [5.41, 5.74) is 13.7. The Kier molecular flexibility index (Phi) is 14.9. The van der Waals surface area contributed by atoms with Gasteiger partial charge in [0.1, 0.15) is 0 Å². The average molecular weight is 673 g/mol. The molecule has 0 aliphatic carbocycles. The second kappa shape index (κ2) is 20.0. The molecule has 4 aromatic carbocycles. The summed E-state index contributed by atoms with van der Waals surface area (Å²) in [6.07, 6.45) is 13.2. The van der Waals surface area contributed by atoms with Gasteiger partial charge in [-0.3, -0.25) is 4.99 Å². The van der Waals surface area contributed by atoms with Gasteiger partial charge < -0.3 is 5.73 Å². The van der Waals surface area contributed by atoms with Crippen molar-refractivity contribution >= 4 is 18.1 Å². The predicted molar refractivity (Wildman–Crippen MR) is 218 cm³/mol. The Morgan fingerprint density at radius 3 is 1.82 bits per heavy atom. The fourth-order valence-corrected chi connectivity index (χ4v) is 4.97. The minimum atomic E-state index is -0.0519. The zero-order valence-electron chi connectivity index (χ0n) is 30.4. The maximum absolute atomic E-state index is 5.31. The first-order valence-electron chi connectivity index (χ1n) is 17.3. The molecule has 5 rings (SSSR count). The molecule has 0 bridgehead atoms. The molecule has 1 atom stereocenters. The highest BCUT2D eigenvalue weighted by atomic mass is 15.0. The first-order valence-corrected chi connectivity index (χ1v) is 17.3. The second-order valence-corrected chi connectivity index (χ2v) is 12.0. The summed E-state index contributed by atoms with van der Waals surface area (Å²) in [6.45, 7) is 14.6. The van der Waals surface area contributed by atoms with Crippen LogP contribution in [0.3, 0.4) is 0 Å². The number of amidine groups is 1. The first kappa shape index (κ1) is 38.0. The van der Waals surface area contributed by atoms with Crippen molar-refractivity contribution in [2.24, 2.45) is 15.7 Å². The number of rotatable bonds is 11. The van der Waals surface area contributed by atoms with Gasteiger partial charge in [0, 0.05) is 23.2 Å². The third kappa shape index (κ3) is 11.3. The summed E-state index contributed by atoms with van der Waals surface area (Å²) in [5.74, 6) is 2.62. The van der Waals surface area contributed by atoms with E-state index in [4.69, 9.17) is 25.7 Å². The Bertz CT molecular complexity index is 1990. The molecule has 0 amide bonds. The Morgan fingerprint density at radius 2 is 1.27 bits per heavy atom. The van der Waals surface area contributed by atoms with Crippen molar-refractivity contribution in [3.8, 4) is 33.9 Å². The summed E-state index contributed by atoms with van der Waals surface area (Å²) in [5, 5.41) is 0. The van der Waals surface area contributed by atoms with Gasteiger partial charge in [0.15, 0.2) is 23.3 Å². The van der Waals surface area contributed by atoms with Crippen LogP contribution in [-0.2, 0) is 0 Å². The molecule has 6 heteroatoms. The maximum atomic E-state index is 5.31. The number of aromatic nitrogens is 3. The molecular weight excluding hydrogens is 625 g/mol. The topological polar surface area (TPSA) is 89.4 Å². The van der Waals surface area contributed by atoms with Crippen LogP contribution in [0, 0.1) is 0 Å². The fourth-order valence-electron chi connectivity index (χ4n) is 4.97. The van der Waals surface area contributed by atoms with Crippen LogP contribution in [-0.4, -0.2) is 34.0 Å². The van der Waals surface area contributed by atoms with Gasteiger partial charge in [-0.05, 0) is 63.1 Å². The third-order valence-corrected chi connectivity index (χ3v) is 8.00. The van der Waals surface area contributed by atoms with Gasteiger partial charge in [0.2, 0.25) is 0 Å². The van der Waals surface area contributed by atoms with Gasteiger partial charge in [-0.25, -0.2) is 19.9 Å². The Hall–Kier alpha value is -5.85. The molecule has 0 radical (unpaired) electrons. The van der Waals surface area contributed by atoms with Crippen molar-refractivity contribution in [2.75, 3.05) is 6.54 Å². The summed E-state index contributed by atoms with van der Waals surface area (Å²) >= 11 is 0. The lowest BCUT2D eigenvalue weighted by Gasteiger charge is -2.11. The van der Waals surface area contributed by atoms with Crippen molar-refractivity contribution in [1.29, 1.82) is 0 Å². The lowest BCUT2D eigenvalue weighted by Crippen LogP contribution is -2.02. The van der Waals surface area contributed by atoms with Crippen molar-refractivity contribution in [1.82, 2.24) is 15.0 Å². The standard InChI is InChI=1S/C38H35N5.C7H13N/c1-5-6-9-14-27(2)35-41-37(33-17-12-8-13-18-33)43-38(42-35)34-25-23-31(24-26-34)30-21-19-29(20-22-30)28(3)40-36(39-4)32-15-10-7-11-16-32;1-3-4-5-7(2)6-8/h6-26,28H,4-5H2,1-3H3;3-5H,6,8H2,1-2H3/b9-6-,27-14+,40-36?;4-3-,7-5+. The van der Waals surface area contributed by atoms with Crippen molar-refractivity contribution in [2.45, 2.75) is 47.1 Å². The predicted octanol–water partition coefficient (Wildman–Crippen LogP) is 10.9. The van der Waals surface area contributed by atoms with E-state index in [-0.39, 0.29) is 6.04 Å². The molecule has 1 aromatic heterocycles. The number of aliphatic imine (C=N–C) groups is 2. The SMILES string of the molecule is C/C=C\C=C(/C)CN.C=NC(=NC(C)c1ccc(-c2ccc(-c3nc(/C(C)=C/C=C\CC)nc(-c4ccccc4)n3)cc2)cc1)c1ccccc1. The van der Waals surface area contributed by atoms with E-state index in [1.807, 2.05) is 112 Å². The van der Waals surface area contributed by atoms with Crippen molar-refractivity contribution < 1.29 is 0 Å². The highest BCUT2D eigenvalue weighted by Crippen LogP contribution is 2.28. The lowest BCUT2D eigenvalue weighted by molar-refractivity contribution is 0.819. The monoisotopic (exact) mass is 672 g/mol. The molecule has 0 saturated heterocycles. The quantitative estimate of drug-likeness (QED) is 0.0859. The molecule has 258 valence electrons. The number of hydrogen-bond donors (Lipinski definition) is 1. The number of nitrogens with zero attached hydrogens (tertiary/aromatic N) is 5. The van der Waals surface area contributed by atoms with Crippen LogP contribution >= 0.6 is 0 Å². The van der Waals surface area contributed by atoms with Crippen molar-refractivity contribution in [3.63, 3.8) is 0 Å². The molecule has 51 heavy (non-hydrogen) atoms. The number of allylic oxidation sites excluding steroid dienone is 7. The smallest absolute Gasteiger partial charge is 0.164 e. The van der Waals surface area contributed by atoms with Crippen LogP contribution in [0.2, 0.25) is 0 Å². The molecule has 5 aromatic rings. The largest absolute Gasteiger partial charge is 0.327 e. The van der Waals surface area contributed by atoms with Gasteiger partial charge in [-0.15, -0.1) is 0 Å². The van der Waals surface area contributed by atoms with Crippen LogP contribution in [0.15, 0.2) is 161 Å². The molecule has 0 aliphatic heterocycles. The highest BCUT2D eigenvalue weighted by molar-refractivity contribution is 6.01. The number of hydrogen-bond acceptors (Lipinski definition) is 5. The van der Waals surface area contributed by atoms with E-state index in [0.717, 1.165) is 45.4 Å². The molecule has 2 N–H and O–H groups in total. The molecule has 1 unspecified atom stereocenters. The van der Waals surface area contributed by atoms with Gasteiger partial charge in [-0.2, -0.15) is 0 Å². The van der Waals surface area contributed by atoms with Crippen molar-refractivity contribution in [3.05, 3.63) is 168 Å². The molecular formula is C45H48N6. The van der Waals surface area contributed by atoms with Gasteiger partial charge >= 0.3 is 0 Å². The van der Waals surface area contributed by atoms with E-state index in [1.54, 1.807) is 0 Å². The highest BCUT2D eigenvalue weighted by Gasteiger charge is 2.12. The number of benzene rings is 4. The number of nitrogens with two attached hydrogens (primary N) is 1. The first-order chi connectivity index (χ1) is 24.9. The molecule has 1 heterocycles. The van der Waals surface area contributed by atoms with Crippen LogP contribution in [0.5, 0.6) is 0 Å². The second-order valence-electron chi connectivity index (χ2n) is 12.0. The zero-order valence-corrected chi connectivity index (χ0v) is 30.4. The normalized spacial score (nSPS) is 12.9. The molecule has 6 nitrogen and oxygen atoms in total. The molecule has 0 fully saturated rings. The van der Waals surface area contributed by atoms with Crippen LogP contribution in [0.1, 0.15) is 64.0 Å². The minimum Gasteiger partial charge on any atom is -0.327 e. The molecule has 0 aliphatic rings. The molecule has 0 spiro atoms. The van der Waals surface area contributed by atoms with E-state index in [0.29, 0.717) is 29.9 Å². The van der Waals surface area contributed by atoms with E-state index in [2.05, 4.69) is 80.2 Å². The van der Waals surface area contributed by atoms with E-state index in [9.17, 15) is 0 Å². The summed E-state index contributed by atoms with van der Waals surface area (Å²) in [7, 11) is 0. The van der Waals surface area contributed by atoms with Crippen LogP contribution < -0.4 is 5.73 Å². The van der Waals surface area contributed by atoms with Gasteiger partial charge in [0.05, 0.1) is 6.04 Å². The molecule has 0 saturated carbocycles. The van der Waals surface area contributed by atoms with Gasteiger partial charge in [0.25, 0.3) is 0 Å². The minimum absolute atomic E-state index is 0.0519. The maximum Gasteiger partial charge on any atom is 0.164 e. The van der Waals surface area contributed by atoms with Crippen LogP contribution in [0.4, 0.5) is 0 Å². The van der Waals surface area contributed by atoms with Gasteiger partial charge in [-0.1, -0.05) is 158 Å². The third-order valence-electron chi connectivity index (χ3n) is 8.00. The summed E-state index contributed by atoms with van der Waals surface area (Å²) in [4.78, 5) is 23.5. The Labute approximate surface area is 303 Å². The van der Waals surface area contributed by atoms with E-state index in [1.165, 1.54) is 5.57 Å². The zero-order chi connectivity index (χ0) is 36.4. The Balaban J connectivity index is 0.000000652. The average Bonchev–Trinajstić information content (AvgIpc) is 3.19. The van der Waals surface area contributed by atoms with E-state index < -0.39 is 0 Å². The Morgan fingerprint density at radius 1 is 0.725 bits per heavy atom.